The van der Waals surface area contributed by atoms with Crippen molar-refractivity contribution in [3.05, 3.63) is 66.7 Å². The summed E-state index contributed by atoms with van der Waals surface area (Å²) in [6, 6.07) is 10.2. The summed E-state index contributed by atoms with van der Waals surface area (Å²) < 4.78 is 27.2. The molecular weight excluding hydrogens is 388 g/mol. The molecule has 0 aliphatic heterocycles. The zero-order chi connectivity index (χ0) is 20.6. The van der Waals surface area contributed by atoms with E-state index in [0.29, 0.717) is 5.69 Å². The Morgan fingerprint density at radius 3 is 2.52 bits per heavy atom. The van der Waals surface area contributed by atoms with Crippen LogP contribution < -0.4 is 5.32 Å². The maximum atomic E-state index is 12.8. The normalized spacial score (nSPS) is 18.6. The third-order valence-electron chi connectivity index (χ3n) is 5.09. The molecule has 1 aliphatic carbocycles. The second kappa shape index (κ2) is 7.44. The van der Waals surface area contributed by atoms with E-state index in [-0.39, 0.29) is 33.6 Å². The summed E-state index contributed by atoms with van der Waals surface area (Å²) in [4.78, 5) is 16.9. The number of aromatic nitrogens is 3. The number of nitrogens with one attached hydrogen (secondary N) is 1. The molecule has 3 aromatic rings. The zero-order valence-corrected chi connectivity index (χ0v) is 17.0. The molecule has 7 nitrogen and oxygen atoms in total. The molecule has 0 saturated heterocycles. The van der Waals surface area contributed by atoms with E-state index in [2.05, 4.69) is 15.4 Å². The van der Waals surface area contributed by atoms with Gasteiger partial charge in [-0.25, -0.2) is 8.42 Å². The molecule has 1 aliphatic rings. The van der Waals surface area contributed by atoms with E-state index in [1.165, 1.54) is 24.5 Å². The summed E-state index contributed by atoms with van der Waals surface area (Å²) in [5, 5.41) is 6.97. The van der Waals surface area contributed by atoms with E-state index in [9.17, 15) is 13.2 Å². The number of benzene rings is 1. The number of hydrogen-bond donors (Lipinski definition) is 1. The highest BCUT2D eigenvalue weighted by Gasteiger charge is 2.44. The Morgan fingerprint density at radius 1 is 1.14 bits per heavy atom. The van der Waals surface area contributed by atoms with Crippen molar-refractivity contribution in [2.24, 2.45) is 5.92 Å². The second-order valence-electron chi connectivity index (χ2n) is 7.50. The van der Waals surface area contributed by atoms with Gasteiger partial charge in [0.25, 0.3) is 0 Å². The highest BCUT2D eigenvalue weighted by atomic mass is 32.2. The van der Waals surface area contributed by atoms with E-state index < -0.39 is 9.84 Å². The standard InChI is InChI=1S/C21H22N4O3S/c1-14(2)25-13-18(12-23-25)29(27,28)17-7-5-16(6-8-17)24-21(26)20-10-19(20)15-4-3-9-22-11-15/h3-9,11-14,19-20H,10H2,1-2H3,(H,24,26). The summed E-state index contributed by atoms with van der Waals surface area (Å²) in [5.74, 6) is 0.0537. The third-order valence-corrected chi connectivity index (χ3v) is 6.81. The van der Waals surface area contributed by atoms with E-state index in [1.54, 1.807) is 29.2 Å². The summed E-state index contributed by atoms with van der Waals surface area (Å²) >= 11 is 0. The first kappa shape index (κ1) is 19.3. The van der Waals surface area contributed by atoms with Crippen LogP contribution in [0.3, 0.4) is 0 Å². The van der Waals surface area contributed by atoms with E-state index in [1.807, 2.05) is 26.0 Å². The number of carbonyl (C=O) groups excluding carboxylic acids is 1. The molecule has 2 unspecified atom stereocenters. The van der Waals surface area contributed by atoms with Crippen LogP contribution in [0.4, 0.5) is 5.69 Å². The van der Waals surface area contributed by atoms with Crippen LogP contribution in [0, 0.1) is 5.92 Å². The Kier molecular flexibility index (Phi) is 4.96. The smallest absolute Gasteiger partial charge is 0.228 e. The number of amides is 1. The average molecular weight is 410 g/mol. The molecule has 1 amide bonds. The molecule has 1 N–H and O–H groups in total. The van der Waals surface area contributed by atoms with Crippen molar-refractivity contribution in [3.63, 3.8) is 0 Å². The molecule has 2 aromatic heterocycles. The molecule has 0 radical (unpaired) electrons. The summed E-state index contributed by atoms with van der Waals surface area (Å²) in [6.07, 6.45) is 7.19. The molecule has 1 aromatic carbocycles. The summed E-state index contributed by atoms with van der Waals surface area (Å²) in [5.41, 5.74) is 1.64. The van der Waals surface area contributed by atoms with Gasteiger partial charge in [-0.1, -0.05) is 6.07 Å². The van der Waals surface area contributed by atoms with Gasteiger partial charge in [-0.05, 0) is 62.1 Å². The van der Waals surface area contributed by atoms with Crippen molar-refractivity contribution in [1.82, 2.24) is 14.8 Å². The number of anilines is 1. The lowest BCUT2D eigenvalue weighted by Crippen LogP contribution is -2.14. The Bertz CT molecular complexity index is 1120. The fourth-order valence-corrected chi connectivity index (χ4v) is 4.48. The van der Waals surface area contributed by atoms with Crippen molar-refractivity contribution in [2.75, 3.05) is 5.32 Å². The van der Waals surface area contributed by atoms with E-state index in [4.69, 9.17) is 0 Å². The predicted molar refractivity (Wildman–Crippen MR) is 108 cm³/mol. The lowest BCUT2D eigenvalue weighted by molar-refractivity contribution is -0.117. The van der Waals surface area contributed by atoms with Crippen molar-refractivity contribution in [3.8, 4) is 0 Å². The molecule has 0 bridgehead atoms. The molecule has 2 atom stereocenters. The van der Waals surface area contributed by atoms with Crippen LogP contribution in [0.25, 0.3) is 0 Å². The van der Waals surface area contributed by atoms with Gasteiger partial charge in [0.15, 0.2) is 0 Å². The SMILES string of the molecule is CC(C)n1cc(S(=O)(=O)c2ccc(NC(=O)C3CC3c3cccnc3)cc2)cn1. The van der Waals surface area contributed by atoms with Crippen LogP contribution in [-0.4, -0.2) is 29.1 Å². The summed E-state index contributed by atoms with van der Waals surface area (Å²) in [7, 11) is -3.65. The fourth-order valence-electron chi connectivity index (χ4n) is 3.28. The minimum Gasteiger partial charge on any atom is -0.326 e. The average Bonchev–Trinajstić information content (AvgIpc) is 3.35. The van der Waals surface area contributed by atoms with Gasteiger partial charge in [0.05, 0.1) is 11.1 Å². The first-order valence-corrected chi connectivity index (χ1v) is 10.9. The number of pyridine rings is 1. The first-order chi connectivity index (χ1) is 13.9. The Balaban J connectivity index is 1.43. The van der Waals surface area contributed by atoms with Crippen LogP contribution in [0.2, 0.25) is 0 Å². The molecular formula is C21H22N4O3S. The van der Waals surface area contributed by atoms with Crippen LogP contribution in [-0.2, 0) is 14.6 Å². The Hall–Kier alpha value is -3.00. The maximum Gasteiger partial charge on any atom is 0.228 e. The number of carbonyl (C=O) groups is 1. The van der Waals surface area contributed by atoms with Crippen molar-refractivity contribution in [1.29, 1.82) is 0 Å². The quantitative estimate of drug-likeness (QED) is 0.672. The molecule has 150 valence electrons. The van der Waals surface area contributed by atoms with Gasteiger partial charge in [-0.15, -0.1) is 0 Å². The number of hydrogen-bond acceptors (Lipinski definition) is 5. The third kappa shape index (κ3) is 3.93. The minimum atomic E-state index is -3.65. The number of nitrogens with zero attached hydrogens (tertiary/aromatic N) is 3. The Morgan fingerprint density at radius 2 is 1.90 bits per heavy atom. The predicted octanol–water partition coefficient (Wildman–Crippen LogP) is 3.43. The van der Waals surface area contributed by atoms with E-state index in [0.717, 1.165) is 12.0 Å². The molecule has 4 rings (SSSR count). The number of sulfone groups is 1. The molecule has 1 saturated carbocycles. The fraction of sp³-hybridized carbons (Fsp3) is 0.286. The van der Waals surface area contributed by atoms with Gasteiger partial charge in [-0.3, -0.25) is 14.5 Å². The van der Waals surface area contributed by atoms with Gasteiger partial charge in [0.1, 0.15) is 4.90 Å². The monoisotopic (exact) mass is 410 g/mol. The van der Waals surface area contributed by atoms with Gasteiger partial charge in [0, 0.05) is 36.2 Å². The molecule has 0 spiro atoms. The molecule has 1 fully saturated rings. The van der Waals surface area contributed by atoms with Gasteiger partial charge in [0.2, 0.25) is 15.7 Å². The van der Waals surface area contributed by atoms with Gasteiger partial charge >= 0.3 is 0 Å². The van der Waals surface area contributed by atoms with Crippen molar-refractivity contribution >= 4 is 21.4 Å². The lowest BCUT2D eigenvalue weighted by atomic mass is 10.1. The van der Waals surface area contributed by atoms with Crippen LogP contribution in [0.1, 0.15) is 37.8 Å². The van der Waals surface area contributed by atoms with Crippen LogP contribution >= 0.6 is 0 Å². The van der Waals surface area contributed by atoms with Crippen LogP contribution in [0.15, 0.2) is 71.0 Å². The number of rotatable bonds is 6. The maximum absolute atomic E-state index is 12.8. The zero-order valence-electron chi connectivity index (χ0n) is 16.2. The summed E-state index contributed by atoms with van der Waals surface area (Å²) in [6.45, 7) is 3.86. The van der Waals surface area contributed by atoms with E-state index >= 15 is 0 Å². The second-order valence-corrected chi connectivity index (χ2v) is 9.45. The molecule has 29 heavy (non-hydrogen) atoms. The Labute approximate surface area is 169 Å². The largest absolute Gasteiger partial charge is 0.326 e. The minimum absolute atomic E-state index is 0.0623. The highest BCUT2D eigenvalue weighted by Crippen LogP contribution is 2.47. The van der Waals surface area contributed by atoms with Crippen molar-refractivity contribution < 1.29 is 13.2 Å². The van der Waals surface area contributed by atoms with Gasteiger partial charge in [-0.2, -0.15) is 5.10 Å². The van der Waals surface area contributed by atoms with Crippen molar-refractivity contribution in [2.45, 2.75) is 42.0 Å². The topological polar surface area (TPSA) is 94.0 Å². The highest BCUT2D eigenvalue weighted by molar-refractivity contribution is 7.91. The van der Waals surface area contributed by atoms with Crippen LogP contribution in [0.5, 0.6) is 0 Å². The molecule has 8 heteroatoms. The lowest BCUT2D eigenvalue weighted by Gasteiger charge is -2.07. The first-order valence-electron chi connectivity index (χ1n) is 9.46. The van der Waals surface area contributed by atoms with Gasteiger partial charge < -0.3 is 5.32 Å². The molecule has 2 heterocycles.